The minimum absolute atomic E-state index is 0.0894. The number of nitrogens with one attached hydrogen (secondary N) is 1. The average molecular weight is 294 g/mol. The zero-order chi connectivity index (χ0) is 15.4. The molecule has 1 aromatic rings. The Balaban J connectivity index is 2.01. The molecule has 1 N–H and O–H groups in total. The molecule has 3 atom stereocenters. The van der Waals surface area contributed by atoms with E-state index < -0.39 is 0 Å². The Kier molecular flexibility index (Phi) is 5.57. The van der Waals surface area contributed by atoms with Gasteiger partial charge in [0.1, 0.15) is 6.10 Å². The van der Waals surface area contributed by atoms with E-state index in [9.17, 15) is 4.39 Å². The molecule has 118 valence electrons. The molecule has 0 aliphatic heterocycles. The monoisotopic (exact) mass is 294 g/mol. The second-order valence-electron chi connectivity index (χ2n) is 6.63. The number of rotatable bonds is 5. The lowest BCUT2D eigenvalue weighted by atomic mass is 9.80. The minimum Gasteiger partial charge on any atom is -0.472 e. The van der Waals surface area contributed by atoms with Crippen LogP contribution in [0.15, 0.2) is 12.3 Å². The average Bonchev–Trinajstić information content (AvgIpc) is 2.43. The van der Waals surface area contributed by atoms with Gasteiger partial charge in [0.2, 0.25) is 0 Å². The van der Waals surface area contributed by atoms with Gasteiger partial charge in [-0.05, 0) is 37.2 Å². The maximum absolute atomic E-state index is 14.4. The molecular weight excluding hydrogens is 267 g/mol. The van der Waals surface area contributed by atoms with Crippen molar-refractivity contribution in [3.63, 3.8) is 0 Å². The first-order valence-electron chi connectivity index (χ1n) is 8.00. The number of pyridine rings is 1. The highest BCUT2D eigenvalue weighted by Gasteiger charge is 2.27. The molecule has 1 aliphatic carbocycles. The third-order valence-corrected chi connectivity index (χ3v) is 4.47. The summed E-state index contributed by atoms with van der Waals surface area (Å²) in [6.45, 7) is 9.10. The van der Waals surface area contributed by atoms with Crippen LogP contribution in [0.5, 0.6) is 5.88 Å². The number of aromatic nitrogens is 1. The summed E-state index contributed by atoms with van der Waals surface area (Å²) in [4.78, 5) is 4.08. The summed E-state index contributed by atoms with van der Waals surface area (Å²) >= 11 is 0. The van der Waals surface area contributed by atoms with Crippen LogP contribution in [0.4, 0.5) is 4.39 Å². The molecule has 0 aromatic carbocycles. The van der Waals surface area contributed by atoms with Crippen molar-refractivity contribution in [2.24, 2.45) is 11.8 Å². The molecule has 1 saturated carbocycles. The van der Waals surface area contributed by atoms with Crippen LogP contribution >= 0.6 is 0 Å². The predicted molar refractivity (Wildman–Crippen MR) is 82.8 cm³/mol. The van der Waals surface area contributed by atoms with Crippen LogP contribution in [0.3, 0.4) is 0 Å². The van der Waals surface area contributed by atoms with Gasteiger partial charge in [0.05, 0.1) is 0 Å². The quantitative estimate of drug-likeness (QED) is 0.893. The van der Waals surface area contributed by atoms with Gasteiger partial charge in [-0.25, -0.2) is 9.37 Å². The third-order valence-electron chi connectivity index (χ3n) is 4.47. The van der Waals surface area contributed by atoms with Crippen molar-refractivity contribution in [3.05, 3.63) is 23.6 Å². The van der Waals surface area contributed by atoms with Crippen LogP contribution in [0.2, 0.25) is 0 Å². The Morgan fingerprint density at radius 2 is 2.10 bits per heavy atom. The first-order valence-corrected chi connectivity index (χ1v) is 8.00. The van der Waals surface area contributed by atoms with Crippen LogP contribution in [0, 0.1) is 17.7 Å². The fourth-order valence-corrected chi connectivity index (χ4v) is 2.76. The van der Waals surface area contributed by atoms with Crippen molar-refractivity contribution < 1.29 is 9.13 Å². The Labute approximate surface area is 127 Å². The molecule has 1 aromatic heterocycles. The van der Waals surface area contributed by atoms with E-state index in [0.29, 0.717) is 24.1 Å². The maximum Gasteiger partial charge on any atom is 0.250 e. The summed E-state index contributed by atoms with van der Waals surface area (Å²) in [5, 5.41) is 3.22. The summed E-state index contributed by atoms with van der Waals surface area (Å²) in [5.74, 6) is 1.18. The molecule has 1 aliphatic rings. The number of nitrogens with zero attached hydrogens (tertiary/aromatic N) is 1. The second kappa shape index (κ2) is 7.21. The van der Waals surface area contributed by atoms with E-state index in [4.69, 9.17) is 4.74 Å². The topological polar surface area (TPSA) is 34.2 Å². The van der Waals surface area contributed by atoms with Crippen LogP contribution < -0.4 is 10.1 Å². The predicted octanol–water partition coefficient (Wildman–Crippen LogP) is 3.92. The largest absolute Gasteiger partial charge is 0.472 e. The van der Waals surface area contributed by atoms with Gasteiger partial charge < -0.3 is 10.1 Å². The van der Waals surface area contributed by atoms with Gasteiger partial charge in [-0.15, -0.1) is 0 Å². The van der Waals surface area contributed by atoms with Gasteiger partial charge in [-0.2, -0.15) is 0 Å². The molecule has 1 fully saturated rings. The molecule has 21 heavy (non-hydrogen) atoms. The number of ether oxygens (including phenoxy) is 1. The number of halogens is 1. The standard InChI is InChI=1S/C17H27FN2O/c1-11(2)20-10-14-7-8-19-17(16(14)18)21-15-6-5-12(3)13(4)9-15/h7-8,11-13,15,20H,5-6,9-10H2,1-4H3. The molecule has 0 amide bonds. The van der Waals surface area contributed by atoms with Gasteiger partial charge in [-0.3, -0.25) is 0 Å². The second-order valence-corrected chi connectivity index (χ2v) is 6.63. The molecule has 0 spiro atoms. The molecule has 0 radical (unpaired) electrons. The van der Waals surface area contributed by atoms with Crippen LogP contribution in [-0.4, -0.2) is 17.1 Å². The minimum atomic E-state index is -0.322. The summed E-state index contributed by atoms with van der Waals surface area (Å²) in [6.07, 6.45) is 4.83. The van der Waals surface area contributed by atoms with E-state index in [1.807, 2.05) is 13.8 Å². The highest BCUT2D eigenvalue weighted by Crippen LogP contribution is 2.32. The van der Waals surface area contributed by atoms with Crippen molar-refractivity contribution in [1.82, 2.24) is 10.3 Å². The van der Waals surface area contributed by atoms with E-state index in [1.165, 1.54) is 0 Å². The Hall–Kier alpha value is -1.16. The molecule has 4 heteroatoms. The molecule has 3 unspecified atom stereocenters. The lowest BCUT2D eigenvalue weighted by molar-refractivity contribution is 0.0920. The summed E-state index contributed by atoms with van der Waals surface area (Å²) in [7, 11) is 0. The van der Waals surface area contributed by atoms with Gasteiger partial charge in [0.25, 0.3) is 5.88 Å². The highest BCUT2D eigenvalue weighted by atomic mass is 19.1. The summed E-state index contributed by atoms with van der Waals surface area (Å²) in [6, 6.07) is 2.03. The fourth-order valence-electron chi connectivity index (χ4n) is 2.76. The van der Waals surface area contributed by atoms with E-state index >= 15 is 0 Å². The Morgan fingerprint density at radius 3 is 2.76 bits per heavy atom. The molecule has 3 nitrogen and oxygen atoms in total. The summed E-state index contributed by atoms with van der Waals surface area (Å²) < 4.78 is 20.3. The van der Waals surface area contributed by atoms with E-state index in [2.05, 4.69) is 24.1 Å². The van der Waals surface area contributed by atoms with Crippen molar-refractivity contribution in [3.8, 4) is 5.88 Å². The molecule has 2 rings (SSSR count). The van der Waals surface area contributed by atoms with Gasteiger partial charge in [0.15, 0.2) is 5.82 Å². The van der Waals surface area contributed by atoms with Gasteiger partial charge in [0, 0.05) is 24.3 Å². The van der Waals surface area contributed by atoms with E-state index in [1.54, 1.807) is 12.3 Å². The van der Waals surface area contributed by atoms with Crippen LogP contribution in [-0.2, 0) is 6.54 Å². The number of hydrogen-bond acceptors (Lipinski definition) is 3. The van der Waals surface area contributed by atoms with Crippen molar-refractivity contribution >= 4 is 0 Å². The zero-order valence-electron chi connectivity index (χ0n) is 13.5. The van der Waals surface area contributed by atoms with Crippen LogP contribution in [0.25, 0.3) is 0 Å². The summed E-state index contributed by atoms with van der Waals surface area (Å²) in [5.41, 5.74) is 0.617. The first kappa shape index (κ1) is 16.2. The molecule has 1 heterocycles. The van der Waals surface area contributed by atoms with Gasteiger partial charge >= 0.3 is 0 Å². The smallest absolute Gasteiger partial charge is 0.250 e. The fraction of sp³-hybridized carbons (Fsp3) is 0.706. The highest BCUT2D eigenvalue weighted by molar-refractivity contribution is 5.23. The first-order chi connectivity index (χ1) is 9.97. The van der Waals surface area contributed by atoms with Crippen molar-refractivity contribution in [2.45, 2.75) is 65.6 Å². The lowest BCUT2D eigenvalue weighted by Gasteiger charge is -2.32. The SMILES string of the molecule is CC(C)NCc1ccnc(OC2CCC(C)C(C)C2)c1F. The Bertz CT molecular complexity index is 464. The normalized spacial score (nSPS) is 26.1. The van der Waals surface area contributed by atoms with E-state index in [0.717, 1.165) is 25.2 Å². The van der Waals surface area contributed by atoms with Crippen LogP contribution in [0.1, 0.15) is 52.5 Å². The van der Waals surface area contributed by atoms with E-state index in [-0.39, 0.29) is 17.8 Å². The van der Waals surface area contributed by atoms with Crippen molar-refractivity contribution in [1.29, 1.82) is 0 Å². The molecule has 0 saturated heterocycles. The zero-order valence-corrected chi connectivity index (χ0v) is 13.5. The Morgan fingerprint density at radius 1 is 1.33 bits per heavy atom. The van der Waals surface area contributed by atoms with Crippen molar-refractivity contribution in [2.75, 3.05) is 0 Å². The number of hydrogen-bond donors (Lipinski definition) is 1. The molecule has 0 bridgehead atoms. The third kappa shape index (κ3) is 4.40. The lowest BCUT2D eigenvalue weighted by Crippen LogP contribution is -2.29. The maximum atomic E-state index is 14.4. The van der Waals surface area contributed by atoms with Gasteiger partial charge in [-0.1, -0.05) is 27.7 Å². The molecular formula is C17H27FN2O.